The Labute approximate surface area is 83.9 Å². The Morgan fingerprint density at radius 1 is 1.64 bits per heavy atom. The third-order valence-corrected chi connectivity index (χ3v) is 2.85. The zero-order valence-corrected chi connectivity index (χ0v) is 8.75. The minimum absolute atomic E-state index is 0.309. The highest BCUT2D eigenvalue weighted by Crippen LogP contribution is 2.31. The molecular weight excluding hydrogens is 178 g/mol. The maximum Gasteiger partial charge on any atom is 0.0826 e. The van der Waals surface area contributed by atoms with Gasteiger partial charge in [-0.2, -0.15) is 5.10 Å². The van der Waals surface area contributed by atoms with Crippen LogP contribution in [0.15, 0.2) is 0 Å². The highest BCUT2D eigenvalue weighted by atomic mass is 16.3. The summed E-state index contributed by atoms with van der Waals surface area (Å²) in [7, 11) is 3.85. The van der Waals surface area contributed by atoms with E-state index in [1.807, 2.05) is 18.8 Å². The molecule has 2 N–H and O–H groups in total. The molecule has 1 aliphatic carbocycles. The van der Waals surface area contributed by atoms with E-state index in [4.69, 9.17) is 0 Å². The van der Waals surface area contributed by atoms with E-state index in [0.717, 1.165) is 42.8 Å². The standard InChI is InChI=1S/C10H17N3O/c1-11-6-8-10-7(12-13(8)2)4-3-5-9(10)14/h9,11,14H,3-6H2,1-2H3. The van der Waals surface area contributed by atoms with Crippen LogP contribution in [0.1, 0.15) is 35.9 Å². The van der Waals surface area contributed by atoms with Gasteiger partial charge in [0.25, 0.3) is 0 Å². The first-order chi connectivity index (χ1) is 6.74. The van der Waals surface area contributed by atoms with E-state index >= 15 is 0 Å². The van der Waals surface area contributed by atoms with Gasteiger partial charge in [-0.05, 0) is 26.3 Å². The Balaban J connectivity index is 2.43. The number of nitrogens with one attached hydrogen (secondary N) is 1. The van der Waals surface area contributed by atoms with Gasteiger partial charge in [0.2, 0.25) is 0 Å². The maximum atomic E-state index is 9.90. The number of fused-ring (bicyclic) bond motifs is 1. The Morgan fingerprint density at radius 2 is 2.43 bits per heavy atom. The van der Waals surface area contributed by atoms with Gasteiger partial charge in [0.1, 0.15) is 0 Å². The van der Waals surface area contributed by atoms with Crippen molar-refractivity contribution >= 4 is 0 Å². The molecule has 2 rings (SSSR count). The molecule has 78 valence electrons. The third-order valence-electron chi connectivity index (χ3n) is 2.85. The second kappa shape index (κ2) is 3.71. The van der Waals surface area contributed by atoms with Gasteiger partial charge < -0.3 is 10.4 Å². The SMILES string of the molecule is CNCc1c2c(nn1C)CCCC2O. The molecule has 0 aliphatic heterocycles. The molecule has 4 heteroatoms. The number of aliphatic hydroxyl groups is 1. The molecule has 0 radical (unpaired) electrons. The fourth-order valence-corrected chi connectivity index (χ4v) is 2.19. The molecule has 0 saturated heterocycles. The summed E-state index contributed by atoms with van der Waals surface area (Å²) in [5.74, 6) is 0. The van der Waals surface area contributed by atoms with Crippen LogP contribution in [0, 0.1) is 0 Å². The first-order valence-corrected chi connectivity index (χ1v) is 5.11. The topological polar surface area (TPSA) is 50.1 Å². The fraction of sp³-hybridized carbons (Fsp3) is 0.700. The molecule has 1 aliphatic rings. The summed E-state index contributed by atoms with van der Waals surface area (Å²) in [5, 5.41) is 17.4. The lowest BCUT2D eigenvalue weighted by Crippen LogP contribution is -2.14. The molecule has 0 bridgehead atoms. The average Bonchev–Trinajstić information content (AvgIpc) is 2.45. The summed E-state index contributed by atoms with van der Waals surface area (Å²) in [6, 6.07) is 0. The predicted molar refractivity (Wildman–Crippen MR) is 53.9 cm³/mol. The number of hydrogen-bond acceptors (Lipinski definition) is 3. The molecule has 0 amide bonds. The van der Waals surface area contributed by atoms with E-state index < -0.39 is 0 Å². The summed E-state index contributed by atoms with van der Waals surface area (Å²) >= 11 is 0. The molecule has 0 spiro atoms. The number of aromatic nitrogens is 2. The summed E-state index contributed by atoms with van der Waals surface area (Å²) in [6.07, 6.45) is 2.61. The molecule has 4 nitrogen and oxygen atoms in total. The normalized spacial score (nSPS) is 20.9. The quantitative estimate of drug-likeness (QED) is 0.723. The number of rotatable bonds is 2. The number of hydrogen-bond donors (Lipinski definition) is 2. The van der Waals surface area contributed by atoms with E-state index in [1.54, 1.807) is 0 Å². The molecule has 0 aromatic carbocycles. The van der Waals surface area contributed by atoms with Crippen molar-refractivity contribution in [1.82, 2.24) is 15.1 Å². The molecule has 0 fully saturated rings. The summed E-state index contributed by atoms with van der Waals surface area (Å²) < 4.78 is 1.88. The van der Waals surface area contributed by atoms with Crippen LogP contribution in [-0.2, 0) is 20.0 Å². The van der Waals surface area contributed by atoms with Crippen molar-refractivity contribution in [2.75, 3.05) is 7.05 Å². The Kier molecular flexibility index (Phi) is 2.56. The van der Waals surface area contributed by atoms with Gasteiger partial charge in [0, 0.05) is 19.2 Å². The summed E-state index contributed by atoms with van der Waals surface area (Å²) in [5.41, 5.74) is 3.26. The van der Waals surface area contributed by atoms with Crippen LogP contribution >= 0.6 is 0 Å². The first kappa shape index (κ1) is 9.68. The lowest BCUT2D eigenvalue weighted by Gasteiger charge is -2.17. The van der Waals surface area contributed by atoms with Crippen molar-refractivity contribution in [2.45, 2.75) is 31.9 Å². The fourth-order valence-electron chi connectivity index (χ4n) is 2.19. The van der Waals surface area contributed by atoms with Gasteiger partial charge in [-0.25, -0.2) is 0 Å². The minimum Gasteiger partial charge on any atom is -0.388 e. The second-order valence-electron chi connectivity index (χ2n) is 3.87. The lowest BCUT2D eigenvalue weighted by molar-refractivity contribution is 0.155. The van der Waals surface area contributed by atoms with Crippen molar-refractivity contribution in [1.29, 1.82) is 0 Å². The van der Waals surface area contributed by atoms with Crippen LogP contribution in [0.4, 0.5) is 0 Å². The smallest absolute Gasteiger partial charge is 0.0826 e. The van der Waals surface area contributed by atoms with Crippen LogP contribution in [-0.4, -0.2) is 21.9 Å². The largest absolute Gasteiger partial charge is 0.388 e. The molecule has 1 atom stereocenters. The van der Waals surface area contributed by atoms with Gasteiger partial charge in [-0.15, -0.1) is 0 Å². The highest BCUT2D eigenvalue weighted by Gasteiger charge is 2.25. The van der Waals surface area contributed by atoms with E-state index in [-0.39, 0.29) is 6.10 Å². The van der Waals surface area contributed by atoms with Crippen LogP contribution in [0.3, 0.4) is 0 Å². The number of aryl methyl sites for hydroxylation is 2. The van der Waals surface area contributed by atoms with Gasteiger partial charge in [-0.3, -0.25) is 4.68 Å². The van der Waals surface area contributed by atoms with Crippen molar-refractivity contribution in [3.63, 3.8) is 0 Å². The zero-order valence-electron chi connectivity index (χ0n) is 8.75. The number of nitrogens with zero attached hydrogens (tertiary/aromatic N) is 2. The predicted octanol–water partition coefficient (Wildman–Crippen LogP) is 0.509. The third kappa shape index (κ3) is 1.44. The summed E-state index contributed by atoms with van der Waals surface area (Å²) in [6.45, 7) is 0.774. The van der Waals surface area contributed by atoms with E-state index in [2.05, 4.69) is 10.4 Å². The lowest BCUT2D eigenvalue weighted by atomic mass is 9.93. The van der Waals surface area contributed by atoms with Crippen molar-refractivity contribution in [3.8, 4) is 0 Å². The maximum absolute atomic E-state index is 9.90. The van der Waals surface area contributed by atoms with Crippen LogP contribution < -0.4 is 5.32 Å². The van der Waals surface area contributed by atoms with Crippen molar-refractivity contribution in [3.05, 3.63) is 17.0 Å². The van der Waals surface area contributed by atoms with Crippen LogP contribution in [0.5, 0.6) is 0 Å². The Morgan fingerprint density at radius 3 is 3.14 bits per heavy atom. The monoisotopic (exact) mass is 195 g/mol. The molecule has 1 aromatic rings. The molecular formula is C10H17N3O. The molecule has 1 unspecified atom stereocenters. The van der Waals surface area contributed by atoms with Gasteiger partial charge in [-0.1, -0.05) is 0 Å². The van der Waals surface area contributed by atoms with E-state index in [1.165, 1.54) is 0 Å². The average molecular weight is 195 g/mol. The van der Waals surface area contributed by atoms with Crippen molar-refractivity contribution in [2.24, 2.45) is 7.05 Å². The van der Waals surface area contributed by atoms with Gasteiger partial charge >= 0.3 is 0 Å². The van der Waals surface area contributed by atoms with Gasteiger partial charge in [0.05, 0.1) is 17.5 Å². The van der Waals surface area contributed by atoms with Gasteiger partial charge in [0.15, 0.2) is 0 Å². The van der Waals surface area contributed by atoms with Crippen molar-refractivity contribution < 1.29 is 5.11 Å². The molecule has 0 saturated carbocycles. The Hall–Kier alpha value is -0.870. The molecule has 1 aromatic heterocycles. The summed E-state index contributed by atoms with van der Waals surface area (Å²) in [4.78, 5) is 0. The second-order valence-corrected chi connectivity index (χ2v) is 3.87. The molecule has 1 heterocycles. The Bertz CT molecular complexity index is 332. The minimum atomic E-state index is -0.309. The zero-order chi connectivity index (χ0) is 10.1. The first-order valence-electron chi connectivity index (χ1n) is 5.11. The van der Waals surface area contributed by atoms with E-state index in [0.29, 0.717) is 0 Å². The molecule has 14 heavy (non-hydrogen) atoms. The van der Waals surface area contributed by atoms with E-state index in [9.17, 15) is 5.11 Å². The highest BCUT2D eigenvalue weighted by molar-refractivity contribution is 5.30. The van der Waals surface area contributed by atoms with Crippen LogP contribution in [0.2, 0.25) is 0 Å². The van der Waals surface area contributed by atoms with Crippen LogP contribution in [0.25, 0.3) is 0 Å². The number of aliphatic hydroxyl groups excluding tert-OH is 1.